The molecule has 1 aliphatic heterocycles. The van der Waals surface area contributed by atoms with Gasteiger partial charge in [0.05, 0.1) is 11.6 Å². The molecule has 0 spiro atoms. The lowest BCUT2D eigenvalue weighted by Gasteiger charge is -2.40. The van der Waals surface area contributed by atoms with Crippen LogP contribution in [-0.2, 0) is 0 Å². The molecule has 2 fully saturated rings. The largest absolute Gasteiger partial charge is 0.573 e. The Morgan fingerprint density at radius 2 is 1.67 bits per heavy atom. The van der Waals surface area contributed by atoms with Crippen molar-refractivity contribution in [1.82, 2.24) is 10.6 Å². The summed E-state index contributed by atoms with van der Waals surface area (Å²) < 4.78 is 40.9. The summed E-state index contributed by atoms with van der Waals surface area (Å²) in [4.78, 5) is 15.0. The average molecular weight is 502 g/mol. The van der Waals surface area contributed by atoms with Crippen LogP contribution in [0.25, 0.3) is 0 Å². The Morgan fingerprint density at radius 3 is 2.33 bits per heavy atom. The second kappa shape index (κ2) is 11.5. The minimum absolute atomic E-state index is 0.0446. The molecule has 10 heteroatoms. The van der Waals surface area contributed by atoms with Gasteiger partial charge < -0.3 is 25.6 Å². The number of nitrogens with zero attached hydrogens (tertiary/aromatic N) is 2. The van der Waals surface area contributed by atoms with Crippen molar-refractivity contribution in [3.8, 4) is 11.8 Å². The molecule has 0 aromatic heterocycles. The summed E-state index contributed by atoms with van der Waals surface area (Å²) in [7, 11) is 0. The van der Waals surface area contributed by atoms with Crippen molar-refractivity contribution in [3.63, 3.8) is 0 Å². The first-order chi connectivity index (χ1) is 17.3. The molecule has 0 unspecified atom stereocenters. The summed E-state index contributed by atoms with van der Waals surface area (Å²) in [6, 6.07) is 14.8. The fourth-order valence-corrected chi connectivity index (χ4v) is 4.98. The summed E-state index contributed by atoms with van der Waals surface area (Å²) in [5.41, 5.74) is 2.13. The molecule has 2 aromatic carbocycles. The lowest BCUT2D eigenvalue weighted by atomic mass is 9.89. The summed E-state index contributed by atoms with van der Waals surface area (Å²) in [6.45, 7) is 1.82. The third kappa shape index (κ3) is 7.28. The van der Waals surface area contributed by atoms with Crippen LogP contribution >= 0.6 is 0 Å². The van der Waals surface area contributed by atoms with Gasteiger partial charge in [-0.3, -0.25) is 0 Å². The van der Waals surface area contributed by atoms with Crippen molar-refractivity contribution in [2.24, 2.45) is 0 Å². The van der Waals surface area contributed by atoms with Crippen LogP contribution in [-0.4, -0.2) is 43.6 Å². The zero-order chi connectivity index (χ0) is 25.5. The van der Waals surface area contributed by atoms with E-state index >= 15 is 0 Å². The molecule has 1 aliphatic carbocycles. The number of ether oxygens (including phenoxy) is 1. The molecule has 192 valence electrons. The van der Waals surface area contributed by atoms with Crippen molar-refractivity contribution in [3.05, 3.63) is 54.1 Å². The average Bonchev–Trinajstić information content (AvgIpc) is 2.86. The van der Waals surface area contributed by atoms with Gasteiger partial charge >= 0.3 is 12.4 Å². The quantitative estimate of drug-likeness (QED) is 0.510. The van der Waals surface area contributed by atoms with E-state index in [-0.39, 0.29) is 29.9 Å². The Kier molecular flexibility index (Phi) is 8.21. The molecule has 3 N–H and O–H groups in total. The van der Waals surface area contributed by atoms with E-state index in [1.807, 2.05) is 24.3 Å². The Labute approximate surface area is 208 Å². The maximum absolute atomic E-state index is 12.6. The molecule has 2 aliphatic rings. The number of piperidine rings is 1. The summed E-state index contributed by atoms with van der Waals surface area (Å²) >= 11 is 0. The number of benzene rings is 2. The highest BCUT2D eigenvalue weighted by atomic mass is 19.4. The number of hydrogen-bond acceptors (Lipinski definition) is 5. The Bertz CT molecular complexity index is 1050. The zero-order valence-electron chi connectivity index (χ0n) is 19.9. The number of hydrogen-bond donors (Lipinski definition) is 3. The van der Waals surface area contributed by atoms with Gasteiger partial charge in [0, 0.05) is 42.6 Å². The number of nitrogens with one attached hydrogen (secondary N) is 3. The molecular weight excluding hydrogens is 471 g/mol. The van der Waals surface area contributed by atoms with Crippen LogP contribution in [0, 0.1) is 11.3 Å². The van der Waals surface area contributed by atoms with Crippen LogP contribution in [0.5, 0.6) is 5.75 Å². The van der Waals surface area contributed by atoms with Crippen LogP contribution in [0.4, 0.5) is 29.3 Å². The van der Waals surface area contributed by atoms with E-state index in [0.29, 0.717) is 11.3 Å². The minimum atomic E-state index is -4.76. The van der Waals surface area contributed by atoms with E-state index < -0.39 is 6.36 Å². The molecular formula is C26H30F3N5O2. The minimum Gasteiger partial charge on any atom is -0.406 e. The fourth-order valence-electron chi connectivity index (χ4n) is 4.98. The number of anilines is 2. The van der Waals surface area contributed by atoms with Crippen LogP contribution < -0.4 is 25.6 Å². The first kappa shape index (κ1) is 25.6. The van der Waals surface area contributed by atoms with Crippen molar-refractivity contribution in [2.45, 2.75) is 63.0 Å². The van der Waals surface area contributed by atoms with Crippen LogP contribution in [0.1, 0.15) is 44.1 Å². The van der Waals surface area contributed by atoms with Crippen molar-refractivity contribution < 1.29 is 22.7 Å². The van der Waals surface area contributed by atoms with Gasteiger partial charge in [-0.1, -0.05) is 12.8 Å². The highest BCUT2D eigenvalue weighted by Gasteiger charge is 2.32. The molecule has 2 amide bonds. The SMILES string of the molecule is N#Cc1ccc(N2CCC[C@H](N[C@@H]3CCCC[C@H]3NC(=O)Nc3ccc(OC(F)(F)F)cc3)C2)cc1. The summed E-state index contributed by atoms with van der Waals surface area (Å²) in [5, 5.41) is 18.5. The number of urea groups is 1. The lowest BCUT2D eigenvalue weighted by molar-refractivity contribution is -0.274. The third-order valence-corrected chi connectivity index (χ3v) is 6.66. The number of amides is 2. The van der Waals surface area contributed by atoms with Gasteiger partial charge in [-0.05, 0) is 74.2 Å². The van der Waals surface area contributed by atoms with Crippen molar-refractivity contribution in [2.75, 3.05) is 23.3 Å². The molecule has 7 nitrogen and oxygen atoms in total. The number of rotatable bonds is 6. The maximum atomic E-state index is 12.6. The molecule has 0 radical (unpaired) electrons. The fraction of sp³-hybridized carbons (Fsp3) is 0.462. The Hall–Kier alpha value is -3.45. The monoisotopic (exact) mass is 501 g/mol. The second-order valence-electron chi connectivity index (χ2n) is 9.28. The van der Waals surface area contributed by atoms with Gasteiger partial charge in [0.1, 0.15) is 5.75 Å². The number of halogens is 3. The van der Waals surface area contributed by atoms with E-state index in [1.165, 1.54) is 12.1 Å². The molecule has 1 saturated carbocycles. The van der Waals surface area contributed by atoms with E-state index in [0.717, 1.165) is 69.4 Å². The molecule has 3 atom stereocenters. The number of carbonyl (C=O) groups is 1. The van der Waals surface area contributed by atoms with E-state index in [2.05, 4.69) is 31.7 Å². The lowest BCUT2D eigenvalue weighted by Crippen LogP contribution is -2.57. The van der Waals surface area contributed by atoms with Gasteiger partial charge in [-0.25, -0.2) is 4.79 Å². The normalized spacial score (nSPS) is 22.4. The van der Waals surface area contributed by atoms with Crippen LogP contribution in [0.2, 0.25) is 0 Å². The highest BCUT2D eigenvalue weighted by molar-refractivity contribution is 5.89. The summed E-state index contributed by atoms with van der Waals surface area (Å²) in [6.07, 6.45) is 1.27. The highest BCUT2D eigenvalue weighted by Crippen LogP contribution is 2.25. The van der Waals surface area contributed by atoms with Crippen molar-refractivity contribution in [1.29, 1.82) is 5.26 Å². The van der Waals surface area contributed by atoms with E-state index in [1.54, 1.807) is 0 Å². The van der Waals surface area contributed by atoms with E-state index in [9.17, 15) is 18.0 Å². The van der Waals surface area contributed by atoms with Gasteiger partial charge in [-0.15, -0.1) is 13.2 Å². The topological polar surface area (TPSA) is 89.4 Å². The molecule has 0 bridgehead atoms. The number of nitriles is 1. The molecule has 4 rings (SSSR count). The summed E-state index contributed by atoms with van der Waals surface area (Å²) in [5.74, 6) is -0.340. The third-order valence-electron chi connectivity index (χ3n) is 6.66. The number of carbonyl (C=O) groups excluding carboxylic acids is 1. The van der Waals surface area contributed by atoms with Gasteiger partial charge in [0.15, 0.2) is 0 Å². The van der Waals surface area contributed by atoms with Gasteiger partial charge in [-0.2, -0.15) is 5.26 Å². The van der Waals surface area contributed by atoms with Gasteiger partial charge in [0.25, 0.3) is 0 Å². The van der Waals surface area contributed by atoms with Gasteiger partial charge in [0.2, 0.25) is 0 Å². The predicted molar refractivity (Wildman–Crippen MR) is 131 cm³/mol. The van der Waals surface area contributed by atoms with Crippen LogP contribution in [0.3, 0.4) is 0 Å². The van der Waals surface area contributed by atoms with E-state index in [4.69, 9.17) is 5.26 Å². The zero-order valence-corrected chi connectivity index (χ0v) is 19.9. The van der Waals surface area contributed by atoms with Crippen molar-refractivity contribution >= 4 is 17.4 Å². The first-order valence-electron chi connectivity index (χ1n) is 12.2. The first-order valence-corrected chi connectivity index (χ1v) is 12.2. The maximum Gasteiger partial charge on any atom is 0.573 e. The molecule has 1 heterocycles. The predicted octanol–water partition coefficient (Wildman–Crippen LogP) is 5.15. The molecule has 36 heavy (non-hydrogen) atoms. The van der Waals surface area contributed by atoms with Crippen LogP contribution in [0.15, 0.2) is 48.5 Å². The standard InChI is InChI=1S/C26H30F3N5O2/c27-26(28,29)36-22-13-9-19(10-14-22)32-25(35)33-24-6-2-1-5-23(24)31-20-4-3-15-34(17-20)21-11-7-18(16-30)8-12-21/h7-14,20,23-24,31H,1-6,15,17H2,(H2,32,33,35)/t20-,23+,24+/m0/s1. The second-order valence-corrected chi connectivity index (χ2v) is 9.28. The Morgan fingerprint density at radius 1 is 0.972 bits per heavy atom. The molecule has 1 saturated heterocycles. The number of alkyl halides is 3. The smallest absolute Gasteiger partial charge is 0.406 e. The Balaban J connectivity index is 1.30. The molecule has 2 aromatic rings.